The number of carbonyl (C=O) groups is 1. The molecule has 0 aliphatic carbocycles. The Balaban J connectivity index is 1.41. The summed E-state index contributed by atoms with van der Waals surface area (Å²) in [4.78, 5) is 12.9. The number of carbonyl (C=O) groups excluding carboxylic acids is 1. The first-order valence-corrected chi connectivity index (χ1v) is 11.8. The van der Waals surface area contributed by atoms with Crippen LogP contribution in [0.1, 0.15) is 18.4 Å². The zero-order valence-electron chi connectivity index (χ0n) is 17.4. The Labute approximate surface area is 182 Å². The van der Waals surface area contributed by atoms with Crippen molar-refractivity contribution in [2.75, 3.05) is 33.4 Å². The van der Waals surface area contributed by atoms with E-state index in [0.29, 0.717) is 57.1 Å². The lowest BCUT2D eigenvalue weighted by atomic mass is 10.1. The fourth-order valence-corrected chi connectivity index (χ4v) is 5.52. The molecule has 31 heavy (non-hydrogen) atoms. The minimum absolute atomic E-state index is 0.106. The van der Waals surface area contributed by atoms with Crippen molar-refractivity contribution >= 4 is 15.9 Å². The fourth-order valence-electron chi connectivity index (χ4n) is 3.85. The summed E-state index contributed by atoms with van der Waals surface area (Å²) in [7, 11) is -2.22. The summed E-state index contributed by atoms with van der Waals surface area (Å²) in [5.41, 5.74) is 1.06. The van der Waals surface area contributed by atoms with Crippen LogP contribution in [0.4, 0.5) is 0 Å². The lowest BCUT2D eigenvalue weighted by molar-refractivity contribution is -0.124. The van der Waals surface area contributed by atoms with Gasteiger partial charge >= 0.3 is 0 Å². The molecule has 166 valence electrons. The van der Waals surface area contributed by atoms with E-state index >= 15 is 0 Å². The van der Waals surface area contributed by atoms with Gasteiger partial charge in [-0.15, -0.1) is 0 Å². The topological polar surface area (TPSA) is 94.2 Å². The van der Waals surface area contributed by atoms with Crippen LogP contribution >= 0.6 is 0 Å². The zero-order valence-corrected chi connectivity index (χ0v) is 18.2. The van der Waals surface area contributed by atoms with E-state index in [9.17, 15) is 13.2 Å². The summed E-state index contributed by atoms with van der Waals surface area (Å²) >= 11 is 0. The predicted octanol–water partition coefficient (Wildman–Crippen LogP) is 1.98. The maximum Gasteiger partial charge on any atom is 0.243 e. The van der Waals surface area contributed by atoms with E-state index < -0.39 is 16.1 Å². The number of nitrogens with zero attached hydrogens (tertiary/aromatic N) is 1. The van der Waals surface area contributed by atoms with Crippen LogP contribution in [0.15, 0.2) is 47.4 Å². The first-order valence-electron chi connectivity index (χ1n) is 10.3. The molecule has 8 nitrogen and oxygen atoms in total. The van der Waals surface area contributed by atoms with Crippen LogP contribution in [0, 0.1) is 0 Å². The number of methoxy groups -OCH3 is 1. The largest absolute Gasteiger partial charge is 0.497 e. The van der Waals surface area contributed by atoms with Crippen molar-refractivity contribution < 1.29 is 27.4 Å². The second-order valence-corrected chi connectivity index (χ2v) is 9.36. The van der Waals surface area contributed by atoms with Crippen LogP contribution in [0.5, 0.6) is 17.2 Å². The average molecular weight is 447 g/mol. The third-order valence-corrected chi connectivity index (χ3v) is 7.40. The molecule has 4 rings (SSSR count). The van der Waals surface area contributed by atoms with Crippen molar-refractivity contribution in [2.24, 2.45) is 0 Å². The van der Waals surface area contributed by atoms with Gasteiger partial charge in [0, 0.05) is 19.2 Å². The summed E-state index contributed by atoms with van der Waals surface area (Å²) in [6.45, 7) is 1.55. The predicted molar refractivity (Wildman–Crippen MR) is 114 cm³/mol. The Morgan fingerprint density at radius 3 is 2.61 bits per heavy atom. The summed E-state index contributed by atoms with van der Waals surface area (Å²) < 4.78 is 43.9. The lowest BCUT2D eigenvalue weighted by Gasteiger charge is -2.24. The summed E-state index contributed by atoms with van der Waals surface area (Å²) in [5, 5.41) is 2.88. The molecule has 1 atom stereocenters. The van der Waals surface area contributed by atoms with Gasteiger partial charge in [-0.25, -0.2) is 8.42 Å². The maximum atomic E-state index is 13.2. The third-order valence-electron chi connectivity index (χ3n) is 5.50. The van der Waals surface area contributed by atoms with Gasteiger partial charge in [0.25, 0.3) is 0 Å². The van der Waals surface area contributed by atoms with Gasteiger partial charge in [0.05, 0.1) is 12.0 Å². The number of nitrogens with one attached hydrogen (secondary N) is 1. The number of benzene rings is 2. The van der Waals surface area contributed by atoms with Gasteiger partial charge in [-0.05, 0) is 49.1 Å². The van der Waals surface area contributed by atoms with E-state index in [-0.39, 0.29) is 10.8 Å². The van der Waals surface area contributed by atoms with E-state index in [1.54, 1.807) is 13.2 Å². The highest BCUT2D eigenvalue weighted by Gasteiger charge is 2.39. The van der Waals surface area contributed by atoms with Crippen molar-refractivity contribution in [3.8, 4) is 17.2 Å². The smallest absolute Gasteiger partial charge is 0.243 e. The molecule has 0 spiro atoms. The van der Waals surface area contributed by atoms with Crippen molar-refractivity contribution in [1.82, 2.24) is 9.62 Å². The number of sulfonamides is 1. The molecule has 0 saturated carbocycles. The number of amides is 1. The molecule has 0 radical (unpaired) electrons. The number of ether oxygens (including phenoxy) is 3. The molecule has 1 fully saturated rings. The molecule has 2 heterocycles. The molecule has 9 heteroatoms. The Morgan fingerprint density at radius 2 is 1.87 bits per heavy atom. The van der Waals surface area contributed by atoms with Gasteiger partial charge in [-0.1, -0.05) is 12.1 Å². The normalized spacial score (nSPS) is 18.5. The Hall–Kier alpha value is -2.78. The van der Waals surface area contributed by atoms with Crippen LogP contribution in [0.25, 0.3) is 0 Å². The van der Waals surface area contributed by atoms with E-state index in [4.69, 9.17) is 14.2 Å². The summed E-state index contributed by atoms with van der Waals surface area (Å²) in [5.74, 6) is 1.44. The van der Waals surface area contributed by atoms with Gasteiger partial charge < -0.3 is 19.5 Å². The van der Waals surface area contributed by atoms with Gasteiger partial charge in [0.1, 0.15) is 25.0 Å². The molecule has 2 aliphatic rings. The molecular weight excluding hydrogens is 420 g/mol. The van der Waals surface area contributed by atoms with Gasteiger partial charge in [-0.3, -0.25) is 4.79 Å². The first-order chi connectivity index (χ1) is 15.0. The highest BCUT2D eigenvalue weighted by Crippen LogP contribution is 2.34. The number of fused-ring (bicyclic) bond motifs is 1. The standard InChI is InChI=1S/C22H26N2O6S/c1-28-17-6-4-16(5-7-17)10-11-23-22(25)19-3-2-12-24(19)31(26,27)18-8-9-20-21(15-18)30-14-13-29-20/h4-9,15,19H,2-3,10-14H2,1H3,(H,23,25)/t19-/m1/s1. The van der Waals surface area contributed by atoms with E-state index in [1.807, 2.05) is 24.3 Å². The Morgan fingerprint density at radius 1 is 1.13 bits per heavy atom. The molecule has 0 unspecified atom stereocenters. The second kappa shape index (κ2) is 9.15. The monoisotopic (exact) mass is 446 g/mol. The molecule has 2 aliphatic heterocycles. The van der Waals surface area contributed by atoms with Crippen LogP contribution in [-0.2, 0) is 21.2 Å². The number of hydrogen-bond donors (Lipinski definition) is 1. The highest BCUT2D eigenvalue weighted by atomic mass is 32.2. The van der Waals surface area contributed by atoms with E-state index in [2.05, 4.69) is 5.32 Å². The first kappa shape index (κ1) is 21.5. The maximum absolute atomic E-state index is 13.2. The molecular formula is C22H26N2O6S. The Bertz CT molecular complexity index is 1040. The molecule has 2 aromatic rings. The second-order valence-electron chi connectivity index (χ2n) is 7.47. The molecule has 1 saturated heterocycles. The molecule has 2 aromatic carbocycles. The minimum Gasteiger partial charge on any atom is -0.497 e. The van der Waals surface area contributed by atoms with Crippen LogP contribution in [0.3, 0.4) is 0 Å². The Kier molecular flexibility index (Phi) is 6.33. The van der Waals surface area contributed by atoms with Crippen LogP contribution in [-0.4, -0.2) is 58.1 Å². The summed E-state index contributed by atoms with van der Waals surface area (Å²) in [6, 6.07) is 11.5. The van der Waals surface area contributed by atoms with Gasteiger partial charge in [0.15, 0.2) is 11.5 Å². The minimum atomic E-state index is -3.83. The van der Waals surface area contributed by atoms with Crippen LogP contribution < -0.4 is 19.5 Å². The van der Waals surface area contributed by atoms with E-state index in [0.717, 1.165) is 11.3 Å². The number of hydrogen-bond acceptors (Lipinski definition) is 6. The van der Waals surface area contributed by atoms with Crippen molar-refractivity contribution in [2.45, 2.75) is 30.2 Å². The number of rotatable bonds is 7. The quantitative estimate of drug-likeness (QED) is 0.699. The fraction of sp³-hybridized carbons (Fsp3) is 0.409. The zero-order chi connectivity index (χ0) is 21.8. The van der Waals surface area contributed by atoms with Crippen molar-refractivity contribution in [3.05, 3.63) is 48.0 Å². The van der Waals surface area contributed by atoms with Gasteiger partial charge in [0.2, 0.25) is 15.9 Å². The highest BCUT2D eigenvalue weighted by molar-refractivity contribution is 7.89. The third kappa shape index (κ3) is 4.62. The molecule has 1 amide bonds. The SMILES string of the molecule is COc1ccc(CCNC(=O)[C@H]2CCCN2S(=O)(=O)c2ccc3c(c2)OCCO3)cc1. The molecule has 0 aromatic heterocycles. The van der Waals surface area contributed by atoms with Crippen LogP contribution in [0.2, 0.25) is 0 Å². The van der Waals surface area contributed by atoms with E-state index in [1.165, 1.54) is 16.4 Å². The van der Waals surface area contributed by atoms with Crippen molar-refractivity contribution in [3.63, 3.8) is 0 Å². The average Bonchev–Trinajstić information content (AvgIpc) is 3.30. The summed E-state index contributed by atoms with van der Waals surface area (Å²) in [6.07, 6.45) is 1.79. The molecule has 1 N–H and O–H groups in total. The van der Waals surface area contributed by atoms with Crippen molar-refractivity contribution in [1.29, 1.82) is 0 Å². The lowest BCUT2D eigenvalue weighted by Crippen LogP contribution is -2.46. The van der Waals surface area contributed by atoms with Gasteiger partial charge in [-0.2, -0.15) is 4.31 Å². The molecule has 0 bridgehead atoms.